The minimum absolute atomic E-state index is 0.199. The number of amides is 1. The molecule has 0 bridgehead atoms. The first-order valence-electron chi connectivity index (χ1n) is 6.62. The van der Waals surface area contributed by atoms with E-state index >= 15 is 0 Å². The third-order valence-electron chi connectivity index (χ3n) is 3.82. The topological polar surface area (TPSA) is 71.2 Å². The maximum absolute atomic E-state index is 11.4. The van der Waals surface area contributed by atoms with E-state index in [1.54, 1.807) is 0 Å². The molecule has 1 aromatic carbocycles. The Kier molecular flexibility index (Phi) is 2.97. The molecule has 1 aliphatic rings. The molecule has 0 aliphatic heterocycles. The number of aromatic nitrogens is 1. The van der Waals surface area contributed by atoms with Gasteiger partial charge in [-0.25, -0.2) is 0 Å². The third-order valence-corrected chi connectivity index (χ3v) is 3.82. The van der Waals surface area contributed by atoms with Crippen molar-refractivity contribution in [2.24, 2.45) is 0 Å². The molecule has 0 radical (unpaired) electrons. The zero-order valence-electron chi connectivity index (χ0n) is 11.2. The number of nitrogens with one attached hydrogen (secondary N) is 2. The van der Waals surface area contributed by atoms with Crippen molar-refractivity contribution in [1.82, 2.24) is 10.3 Å². The number of aromatic amines is 1. The van der Waals surface area contributed by atoms with Crippen LogP contribution in [-0.4, -0.2) is 23.1 Å². The number of para-hydroxylation sites is 1. The molecule has 1 aliphatic carbocycles. The summed E-state index contributed by atoms with van der Waals surface area (Å²) >= 11 is 0. The van der Waals surface area contributed by atoms with Crippen molar-refractivity contribution in [1.29, 1.82) is 0 Å². The maximum atomic E-state index is 11.4. The van der Waals surface area contributed by atoms with Gasteiger partial charge in [0.1, 0.15) is 0 Å². The van der Waals surface area contributed by atoms with E-state index in [1.165, 1.54) is 6.92 Å². The summed E-state index contributed by atoms with van der Waals surface area (Å²) in [5, 5.41) is 3.90. The lowest BCUT2D eigenvalue weighted by Crippen LogP contribution is -2.53. The number of carbonyl (C=O) groups is 2. The molecule has 3 rings (SSSR count). The summed E-state index contributed by atoms with van der Waals surface area (Å²) in [6.07, 6.45) is 1.80. The van der Waals surface area contributed by atoms with Gasteiger partial charge in [-0.15, -0.1) is 0 Å². The van der Waals surface area contributed by atoms with Crippen molar-refractivity contribution >= 4 is 23.3 Å². The quantitative estimate of drug-likeness (QED) is 0.659. The van der Waals surface area contributed by atoms with Crippen LogP contribution in [0.2, 0.25) is 0 Å². The van der Waals surface area contributed by atoms with Crippen LogP contribution in [0.4, 0.5) is 0 Å². The number of ether oxygens (including phenoxy) is 1. The van der Waals surface area contributed by atoms with Crippen LogP contribution < -0.4 is 5.32 Å². The molecule has 0 spiro atoms. The SMILES string of the molecule is CC(=O)NC1(OC=O)CCc2[nH]c3ccccc3c2C1. The Labute approximate surface area is 116 Å². The van der Waals surface area contributed by atoms with Crippen molar-refractivity contribution in [3.05, 3.63) is 35.5 Å². The number of hydrogen-bond acceptors (Lipinski definition) is 3. The van der Waals surface area contributed by atoms with E-state index in [2.05, 4.69) is 10.3 Å². The second-order valence-corrected chi connectivity index (χ2v) is 5.19. The number of H-pyrrole nitrogens is 1. The van der Waals surface area contributed by atoms with Crippen molar-refractivity contribution in [2.45, 2.75) is 31.9 Å². The minimum atomic E-state index is -0.925. The molecular weight excluding hydrogens is 256 g/mol. The van der Waals surface area contributed by atoms with Gasteiger partial charge in [0.15, 0.2) is 5.72 Å². The number of aryl methyl sites for hydroxylation is 1. The van der Waals surface area contributed by atoms with Gasteiger partial charge in [0.05, 0.1) is 0 Å². The van der Waals surface area contributed by atoms with Gasteiger partial charge < -0.3 is 15.0 Å². The first kappa shape index (κ1) is 12.7. The van der Waals surface area contributed by atoms with Gasteiger partial charge in [-0.05, 0) is 18.1 Å². The van der Waals surface area contributed by atoms with Crippen LogP contribution >= 0.6 is 0 Å². The van der Waals surface area contributed by atoms with Crippen LogP contribution in [0.15, 0.2) is 24.3 Å². The van der Waals surface area contributed by atoms with E-state index in [0.29, 0.717) is 19.3 Å². The molecule has 5 heteroatoms. The summed E-state index contributed by atoms with van der Waals surface area (Å²) in [6.45, 7) is 1.84. The van der Waals surface area contributed by atoms with Crippen LogP contribution in [-0.2, 0) is 27.2 Å². The molecule has 20 heavy (non-hydrogen) atoms. The molecule has 0 saturated carbocycles. The van der Waals surface area contributed by atoms with E-state index in [4.69, 9.17) is 4.74 Å². The Bertz CT molecular complexity index is 677. The summed E-state index contributed by atoms with van der Waals surface area (Å²) in [4.78, 5) is 25.6. The van der Waals surface area contributed by atoms with Gasteiger partial charge in [0.25, 0.3) is 6.47 Å². The summed E-state index contributed by atoms with van der Waals surface area (Å²) < 4.78 is 5.23. The first-order chi connectivity index (χ1) is 9.63. The number of benzene rings is 1. The fraction of sp³-hybridized carbons (Fsp3) is 0.333. The molecular formula is C15H16N2O3. The van der Waals surface area contributed by atoms with E-state index < -0.39 is 5.72 Å². The molecule has 0 fully saturated rings. The lowest BCUT2D eigenvalue weighted by atomic mass is 9.88. The average Bonchev–Trinajstić information content (AvgIpc) is 2.76. The van der Waals surface area contributed by atoms with Gasteiger partial charge in [0, 0.05) is 36.4 Å². The zero-order chi connectivity index (χ0) is 14.2. The second-order valence-electron chi connectivity index (χ2n) is 5.19. The Hall–Kier alpha value is -2.30. The maximum Gasteiger partial charge on any atom is 0.295 e. The van der Waals surface area contributed by atoms with Crippen LogP contribution in [0.25, 0.3) is 10.9 Å². The van der Waals surface area contributed by atoms with E-state index in [9.17, 15) is 9.59 Å². The highest BCUT2D eigenvalue weighted by Gasteiger charge is 2.38. The molecule has 1 unspecified atom stereocenters. The fourth-order valence-electron chi connectivity index (χ4n) is 3.02. The molecule has 5 nitrogen and oxygen atoms in total. The number of hydrogen-bond donors (Lipinski definition) is 2. The predicted molar refractivity (Wildman–Crippen MR) is 74.0 cm³/mol. The van der Waals surface area contributed by atoms with Gasteiger partial charge in [0.2, 0.25) is 5.91 Å². The molecule has 1 atom stereocenters. The van der Waals surface area contributed by atoms with Gasteiger partial charge in [-0.2, -0.15) is 0 Å². The molecule has 1 aromatic heterocycles. The molecule has 1 amide bonds. The molecule has 1 heterocycles. The highest BCUT2D eigenvalue weighted by molar-refractivity contribution is 5.85. The number of carbonyl (C=O) groups excluding carboxylic acids is 2. The second kappa shape index (κ2) is 4.67. The molecule has 2 N–H and O–H groups in total. The van der Waals surface area contributed by atoms with Crippen LogP contribution in [0, 0.1) is 0 Å². The highest BCUT2D eigenvalue weighted by atomic mass is 16.6. The predicted octanol–water partition coefficient (Wildman–Crippen LogP) is 1.66. The van der Waals surface area contributed by atoms with Crippen molar-refractivity contribution in [2.75, 3.05) is 0 Å². The van der Waals surface area contributed by atoms with Crippen molar-refractivity contribution in [3.63, 3.8) is 0 Å². The van der Waals surface area contributed by atoms with Crippen molar-refractivity contribution < 1.29 is 14.3 Å². The summed E-state index contributed by atoms with van der Waals surface area (Å²) in [5.74, 6) is -0.199. The van der Waals surface area contributed by atoms with Crippen molar-refractivity contribution in [3.8, 4) is 0 Å². The Balaban J connectivity index is 2.04. The molecule has 104 valence electrons. The fourth-order valence-corrected chi connectivity index (χ4v) is 3.02. The van der Waals surface area contributed by atoms with Gasteiger partial charge in [-0.3, -0.25) is 9.59 Å². The lowest BCUT2D eigenvalue weighted by Gasteiger charge is -2.35. The summed E-state index contributed by atoms with van der Waals surface area (Å²) in [5.41, 5.74) is 2.41. The Morgan fingerprint density at radius 1 is 1.45 bits per heavy atom. The smallest absolute Gasteiger partial charge is 0.295 e. The van der Waals surface area contributed by atoms with Gasteiger partial charge in [-0.1, -0.05) is 18.2 Å². The summed E-state index contributed by atoms with van der Waals surface area (Å²) in [6, 6.07) is 8.02. The number of rotatable bonds is 3. The average molecular weight is 272 g/mol. The lowest BCUT2D eigenvalue weighted by molar-refractivity contribution is -0.152. The van der Waals surface area contributed by atoms with Crippen LogP contribution in [0.1, 0.15) is 24.6 Å². The Morgan fingerprint density at radius 2 is 2.25 bits per heavy atom. The normalized spacial score (nSPS) is 21.2. The molecule has 2 aromatic rings. The monoisotopic (exact) mass is 272 g/mol. The highest BCUT2D eigenvalue weighted by Crippen LogP contribution is 2.34. The first-order valence-corrected chi connectivity index (χ1v) is 6.62. The standard InChI is InChI=1S/C15H16N2O3/c1-10(19)17-15(20-9-18)7-6-14-12(8-15)11-4-2-3-5-13(11)16-14/h2-5,9,16H,6-8H2,1H3,(H,17,19). The number of fused-ring (bicyclic) bond motifs is 3. The summed E-state index contributed by atoms with van der Waals surface area (Å²) in [7, 11) is 0. The zero-order valence-corrected chi connectivity index (χ0v) is 11.2. The van der Waals surface area contributed by atoms with Crippen LogP contribution in [0.5, 0.6) is 0 Å². The third kappa shape index (κ3) is 2.05. The minimum Gasteiger partial charge on any atom is -0.441 e. The van der Waals surface area contributed by atoms with Gasteiger partial charge >= 0.3 is 0 Å². The van der Waals surface area contributed by atoms with E-state index in [1.807, 2.05) is 24.3 Å². The largest absolute Gasteiger partial charge is 0.441 e. The Morgan fingerprint density at radius 3 is 3.00 bits per heavy atom. The van der Waals surface area contributed by atoms with Crippen LogP contribution in [0.3, 0.4) is 0 Å². The van der Waals surface area contributed by atoms with E-state index in [0.717, 1.165) is 28.6 Å². The molecule has 0 saturated heterocycles. The van der Waals surface area contributed by atoms with E-state index in [-0.39, 0.29) is 5.91 Å².